The molecule has 0 saturated heterocycles. The molecule has 0 radical (unpaired) electrons. The Morgan fingerprint density at radius 1 is 1.29 bits per heavy atom. The lowest BCUT2D eigenvalue weighted by atomic mass is 9.87. The van der Waals surface area contributed by atoms with Crippen molar-refractivity contribution < 1.29 is 4.79 Å². The molecule has 0 aliphatic heterocycles. The Bertz CT molecular complexity index is 492. The second-order valence-electron chi connectivity index (χ2n) is 7.39. The van der Waals surface area contributed by atoms with Crippen molar-refractivity contribution in [3.05, 3.63) is 34.9 Å². The summed E-state index contributed by atoms with van der Waals surface area (Å²) in [5, 5.41) is 3.96. The fourth-order valence-electron chi connectivity index (χ4n) is 3.36. The third-order valence-corrected chi connectivity index (χ3v) is 4.75. The number of halogens is 1. The Balaban J connectivity index is 2.08. The van der Waals surface area contributed by atoms with Crippen molar-refractivity contribution in [3.63, 3.8) is 0 Å². The van der Waals surface area contributed by atoms with E-state index in [2.05, 4.69) is 33.0 Å². The molecular weight excluding hydrogens is 282 g/mol. The van der Waals surface area contributed by atoms with Gasteiger partial charge in [0.25, 0.3) is 0 Å². The molecule has 1 amide bonds. The predicted octanol–water partition coefficient (Wildman–Crippen LogP) is 4.77. The van der Waals surface area contributed by atoms with E-state index in [9.17, 15) is 4.79 Å². The van der Waals surface area contributed by atoms with E-state index in [0.29, 0.717) is 16.5 Å². The van der Waals surface area contributed by atoms with Crippen molar-refractivity contribution in [2.75, 3.05) is 0 Å². The molecule has 0 aromatic heterocycles. The Labute approximate surface area is 133 Å². The highest BCUT2D eigenvalue weighted by Crippen LogP contribution is 2.37. The average molecular weight is 308 g/mol. The molecular formula is C18H26ClNO. The summed E-state index contributed by atoms with van der Waals surface area (Å²) in [4.78, 5) is 12.7. The van der Waals surface area contributed by atoms with Gasteiger partial charge in [0.2, 0.25) is 5.91 Å². The van der Waals surface area contributed by atoms with E-state index in [4.69, 9.17) is 11.6 Å². The first-order valence-corrected chi connectivity index (χ1v) is 8.22. The van der Waals surface area contributed by atoms with Crippen LogP contribution in [0.25, 0.3) is 0 Å². The molecule has 116 valence electrons. The zero-order valence-electron chi connectivity index (χ0n) is 13.4. The van der Waals surface area contributed by atoms with Gasteiger partial charge in [0.15, 0.2) is 0 Å². The quantitative estimate of drug-likeness (QED) is 0.852. The first-order chi connectivity index (χ1) is 9.78. The van der Waals surface area contributed by atoms with Crippen molar-refractivity contribution in [1.29, 1.82) is 0 Å². The van der Waals surface area contributed by atoms with Crippen molar-refractivity contribution >= 4 is 17.5 Å². The third-order valence-electron chi connectivity index (χ3n) is 4.49. The number of hydrogen-bond acceptors (Lipinski definition) is 1. The summed E-state index contributed by atoms with van der Waals surface area (Å²) >= 11 is 5.94. The molecule has 3 heteroatoms. The fourth-order valence-corrected chi connectivity index (χ4v) is 3.49. The zero-order chi connectivity index (χ0) is 15.6. The number of carbonyl (C=O) groups is 1. The third kappa shape index (κ3) is 4.23. The zero-order valence-corrected chi connectivity index (χ0v) is 14.2. The first kappa shape index (κ1) is 16.4. The Morgan fingerprint density at radius 3 is 2.38 bits per heavy atom. The van der Waals surface area contributed by atoms with Crippen LogP contribution >= 0.6 is 11.6 Å². The largest absolute Gasteiger partial charge is 0.353 e. The van der Waals surface area contributed by atoms with Crippen LogP contribution in [0.1, 0.15) is 58.4 Å². The molecule has 0 bridgehead atoms. The van der Waals surface area contributed by atoms with Crippen LogP contribution in [0.5, 0.6) is 0 Å². The van der Waals surface area contributed by atoms with Gasteiger partial charge in [-0.2, -0.15) is 0 Å². The van der Waals surface area contributed by atoms with Crippen molar-refractivity contribution in [2.45, 2.75) is 58.9 Å². The van der Waals surface area contributed by atoms with Crippen LogP contribution in [0.3, 0.4) is 0 Å². The fraction of sp³-hybridized carbons (Fsp3) is 0.611. The van der Waals surface area contributed by atoms with Gasteiger partial charge in [-0.25, -0.2) is 0 Å². The van der Waals surface area contributed by atoms with Gasteiger partial charge in [-0.3, -0.25) is 4.79 Å². The van der Waals surface area contributed by atoms with Crippen LogP contribution in [0, 0.1) is 11.3 Å². The SMILES string of the molecule is CC(C)C(C(=O)NC1CCC(C)(C)C1)c1ccc(Cl)cc1. The maximum atomic E-state index is 12.7. The first-order valence-electron chi connectivity index (χ1n) is 7.84. The second-order valence-corrected chi connectivity index (χ2v) is 7.82. The number of benzene rings is 1. The van der Waals surface area contributed by atoms with Crippen molar-refractivity contribution in [1.82, 2.24) is 5.32 Å². The highest BCUT2D eigenvalue weighted by molar-refractivity contribution is 6.30. The number of rotatable bonds is 4. The molecule has 0 heterocycles. The van der Waals surface area contributed by atoms with E-state index in [-0.39, 0.29) is 17.7 Å². The Kier molecular flexibility index (Phi) is 4.98. The monoisotopic (exact) mass is 307 g/mol. The smallest absolute Gasteiger partial charge is 0.228 e. The standard InChI is InChI=1S/C18H26ClNO/c1-12(2)16(13-5-7-14(19)8-6-13)17(21)20-15-9-10-18(3,4)11-15/h5-8,12,15-16H,9-11H2,1-4H3,(H,20,21). The average Bonchev–Trinajstić information content (AvgIpc) is 2.71. The highest BCUT2D eigenvalue weighted by atomic mass is 35.5. The number of nitrogens with one attached hydrogen (secondary N) is 1. The summed E-state index contributed by atoms with van der Waals surface area (Å²) in [5.74, 6) is 0.307. The molecule has 2 nitrogen and oxygen atoms in total. The molecule has 2 rings (SSSR count). The Morgan fingerprint density at radius 2 is 1.90 bits per heavy atom. The van der Waals surface area contributed by atoms with E-state index < -0.39 is 0 Å². The minimum Gasteiger partial charge on any atom is -0.353 e. The molecule has 2 unspecified atom stereocenters. The van der Waals surface area contributed by atoms with Gasteiger partial charge in [-0.15, -0.1) is 0 Å². The van der Waals surface area contributed by atoms with Gasteiger partial charge >= 0.3 is 0 Å². The summed E-state index contributed by atoms with van der Waals surface area (Å²) in [6.07, 6.45) is 3.35. The molecule has 21 heavy (non-hydrogen) atoms. The van der Waals surface area contributed by atoms with Crippen molar-refractivity contribution in [2.24, 2.45) is 11.3 Å². The predicted molar refractivity (Wildman–Crippen MR) is 88.6 cm³/mol. The topological polar surface area (TPSA) is 29.1 Å². The van der Waals surface area contributed by atoms with E-state index in [1.807, 2.05) is 24.3 Å². The molecule has 1 aromatic rings. The lowest BCUT2D eigenvalue weighted by molar-refractivity contribution is -0.124. The van der Waals surface area contributed by atoms with Gasteiger partial charge in [-0.05, 0) is 48.3 Å². The molecule has 1 aliphatic carbocycles. The number of carbonyl (C=O) groups excluding carboxylic acids is 1. The normalized spacial score (nSPS) is 22.3. The van der Waals surface area contributed by atoms with Gasteiger partial charge < -0.3 is 5.32 Å². The maximum absolute atomic E-state index is 12.7. The summed E-state index contributed by atoms with van der Waals surface area (Å²) in [6, 6.07) is 7.97. The van der Waals surface area contributed by atoms with Crippen LogP contribution < -0.4 is 5.32 Å². The van der Waals surface area contributed by atoms with Gasteiger partial charge in [0.05, 0.1) is 5.92 Å². The van der Waals surface area contributed by atoms with Crippen LogP contribution in [0.2, 0.25) is 5.02 Å². The summed E-state index contributed by atoms with van der Waals surface area (Å²) in [6.45, 7) is 8.74. The van der Waals surface area contributed by atoms with Gasteiger partial charge in [-0.1, -0.05) is 51.4 Å². The van der Waals surface area contributed by atoms with Crippen LogP contribution in [0.4, 0.5) is 0 Å². The number of amides is 1. The lowest BCUT2D eigenvalue weighted by Crippen LogP contribution is -2.38. The van der Waals surface area contributed by atoms with Crippen LogP contribution in [-0.2, 0) is 4.79 Å². The second kappa shape index (κ2) is 6.39. The van der Waals surface area contributed by atoms with Crippen LogP contribution in [0.15, 0.2) is 24.3 Å². The molecule has 1 aromatic carbocycles. The minimum absolute atomic E-state index is 0.106. The maximum Gasteiger partial charge on any atom is 0.228 e. The molecule has 0 spiro atoms. The highest BCUT2D eigenvalue weighted by Gasteiger charge is 2.33. The van der Waals surface area contributed by atoms with Crippen LogP contribution in [-0.4, -0.2) is 11.9 Å². The molecule has 2 atom stereocenters. The molecule has 1 N–H and O–H groups in total. The van der Waals surface area contributed by atoms with E-state index in [0.717, 1.165) is 18.4 Å². The lowest BCUT2D eigenvalue weighted by Gasteiger charge is -2.24. The van der Waals surface area contributed by atoms with E-state index in [1.54, 1.807) is 0 Å². The summed E-state index contributed by atoms with van der Waals surface area (Å²) < 4.78 is 0. The molecule has 1 aliphatic rings. The molecule has 1 saturated carbocycles. The van der Waals surface area contributed by atoms with E-state index in [1.165, 1.54) is 6.42 Å². The van der Waals surface area contributed by atoms with Gasteiger partial charge in [0, 0.05) is 11.1 Å². The summed E-state index contributed by atoms with van der Waals surface area (Å²) in [7, 11) is 0. The van der Waals surface area contributed by atoms with Gasteiger partial charge in [0.1, 0.15) is 0 Å². The summed E-state index contributed by atoms with van der Waals surface area (Å²) in [5.41, 5.74) is 1.40. The minimum atomic E-state index is -0.106. The Hall–Kier alpha value is -1.02. The van der Waals surface area contributed by atoms with E-state index >= 15 is 0 Å². The molecule has 1 fully saturated rings. The van der Waals surface area contributed by atoms with Crippen molar-refractivity contribution in [3.8, 4) is 0 Å². The number of hydrogen-bond donors (Lipinski definition) is 1.